The molecule has 82 valence electrons. The highest BCUT2D eigenvalue weighted by atomic mass is 32.2. The van der Waals surface area contributed by atoms with Crippen molar-refractivity contribution >= 4 is 35.3 Å². The van der Waals surface area contributed by atoms with Crippen LogP contribution in [-0.4, -0.2) is 23.0 Å². The second kappa shape index (κ2) is 6.77. The van der Waals surface area contributed by atoms with Gasteiger partial charge in [-0.25, -0.2) is 0 Å². The first-order valence-electron chi connectivity index (χ1n) is 5.26. The minimum atomic E-state index is 1.18. The first-order valence-corrected chi connectivity index (χ1v) is 8.72. The standard InChI is InChI=1S/C12H16S3/c1-2-11-8-12(3-1)10-15-7-5-13-4-6-14-9-11/h1-3,8H,4-7,9-10H2. The summed E-state index contributed by atoms with van der Waals surface area (Å²) in [6.07, 6.45) is 0. The lowest BCUT2D eigenvalue weighted by Crippen LogP contribution is -1.94. The van der Waals surface area contributed by atoms with E-state index in [-0.39, 0.29) is 0 Å². The third-order valence-corrected chi connectivity index (χ3v) is 5.84. The fraction of sp³-hybridized carbons (Fsp3) is 0.500. The summed E-state index contributed by atoms with van der Waals surface area (Å²) in [6.45, 7) is 0. The van der Waals surface area contributed by atoms with Crippen LogP contribution in [-0.2, 0) is 11.5 Å². The van der Waals surface area contributed by atoms with Gasteiger partial charge in [0.25, 0.3) is 0 Å². The van der Waals surface area contributed by atoms with Gasteiger partial charge in [-0.3, -0.25) is 0 Å². The Kier molecular flexibility index (Phi) is 5.30. The molecule has 0 spiro atoms. The molecule has 0 aromatic heterocycles. The Morgan fingerprint density at radius 2 is 1.27 bits per heavy atom. The Hall–Kier alpha value is 0.270. The van der Waals surface area contributed by atoms with Gasteiger partial charge in [0.1, 0.15) is 0 Å². The molecule has 1 heterocycles. The second-order valence-electron chi connectivity index (χ2n) is 3.54. The van der Waals surface area contributed by atoms with E-state index in [1.807, 2.05) is 0 Å². The van der Waals surface area contributed by atoms with Crippen LogP contribution in [0.25, 0.3) is 0 Å². The van der Waals surface area contributed by atoms with Gasteiger partial charge in [-0.2, -0.15) is 35.3 Å². The van der Waals surface area contributed by atoms with Gasteiger partial charge in [0.05, 0.1) is 0 Å². The van der Waals surface area contributed by atoms with Gasteiger partial charge in [-0.1, -0.05) is 24.3 Å². The molecule has 0 fully saturated rings. The topological polar surface area (TPSA) is 0 Å². The SMILES string of the molecule is c1cc2cc(c1)CSCCSCCSC2. The molecule has 0 N–H and O–H groups in total. The quantitative estimate of drug-likeness (QED) is 0.691. The largest absolute Gasteiger partial charge is 0.160 e. The van der Waals surface area contributed by atoms with Crippen molar-refractivity contribution in [3.05, 3.63) is 35.4 Å². The van der Waals surface area contributed by atoms with Crippen molar-refractivity contribution in [2.45, 2.75) is 11.5 Å². The molecule has 2 rings (SSSR count). The minimum Gasteiger partial charge on any atom is -0.160 e. The molecule has 0 nitrogen and oxygen atoms in total. The third kappa shape index (κ3) is 4.33. The molecule has 1 aliphatic rings. The molecule has 0 amide bonds. The van der Waals surface area contributed by atoms with E-state index in [1.54, 1.807) is 0 Å². The van der Waals surface area contributed by atoms with E-state index in [4.69, 9.17) is 0 Å². The lowest BCUT2D eigenvalue weighted by atomic mass is 10.2. The van der Waals surface area contributed by atoms with Crippen LogP contribution in [0.3, 0.4) is 0 Å². The molecule has 1 aromatic rings. The van der Waals surface area contributed by atoms with Gasteiger partial charge in [0.15, 0.2) is 0 Å². The van der Waals surface area contributed by atoms with Gasteiger partial charge >= 0.3 is 0 Å². The number of fused-ring (bicyclic) bond motifs is 2. The molecule has 0 saturated carbocycles. The minimum absolute atomic E-state index is 1.18. The first-order chi connectivity index (χ1) is 7.45. The van der Waals surface area contributed by atoms with Gasteiger partial charge in [-0.05, 0) is 11.1 Å². The summed E-state index contributed by atoms with van der Waals surface area (Å²) in [5.41, 5.74) is 2.98. The number of benzene rings is 1. The van der Waals surface area contributed by atoms with Crippen LogP contribution >= 0.6 is 35.3 Å². The van der Waals surface area contributed by atoms with Crippen LogP contribution in [0.4, 0.5) is 0 Å². The molecular weight excluding hydrogens is 240 g/mol. The highest BCUT2D eigenvalue weighted by Gasteiger charge is 2.00. The lowest BCUT2D eigenvalue weighted by Gasteiger charge is -2.08. The predicted octanol–water partition coefficient (Wildman–Crippen LogP) is 3.90. The summed E-state index contributed by atoms with van der Waals surface area (Å²) in [4.78, 5) is 0. The van der Waals surface area contributed by atoms with Crippen molar-refractivity contribution in [3.63, 3.8) is 0 Å². The van der Waals surface area contributed by atoms with E-state index in [9.17, 15) is 0 Å². The monoisotopic (exact) mass is 256 g/mol. The molecule has 1 aromatic carbocycles. The molecule has 0 atom stereocenters. The molecule has 1 aliphatic heterocycles. The van der Waals surface area contributed by atoms with E-state index in [2.05, 4.69) is 59.6 Å². The van der Waals surface area contributed by atoms with Crippen LogP contribution in [0.1, 0.15) is 11.1 Å². The maximum absolute atomic E-state index is 2.37. The van der Waals surface area contributed by atoms with Gasteiger partial charge in [0, 0.05) is 34.5 Å². The Bertz CT molecular complexity index is 273. The summed E-state index contributed by atoms with van der Waals surface area (Å²) < 4.78 is 0. The number of hydrogen-bond donors (Lipinski definition) is 0. The van der Waals surface area contributed by atoms with Crippen molar-refractivity contribution in [1.29, 1.82) is 0 Å². The zero-order chi connectivity index (χ0) is 10.3. The van der Waals surface area contributed by atoms with E-state index >= 15 is 0 Å². The molecule has 3 heteroatoms. The van der Waals surface area contributed by atoms with Gasteiger partial charge < -0.3 is 0 Å². The van der Waals surface area contributed by atoms with Crippen LogP contribution in [0, 0.1) is 0 Å². The number of rotatable bonds is 0. The highest BCUT2D eigenvalue weighted by Crippen LogP contribution is 2.20. The molecule has 0 saturated heterocycles. The zero-order valence-corrected chi connectivity index (χ0v) is 11.2. The summed E-state index contributed by atoms with van der Waals surface area (Å²) in [5, 5.41) is 0. The smallest absolute Gasteiger partial charge is 0.0184 e. The van der Waals surface area contributed by atoms with Crippen molar-refractivity contribution in [2.75, 3.05) is 23.0 Å². The molecule has 0 aliphatic carbocycles. The van der Waals surface area contributed by atoms with E-state index < -0.39 is 0 Å². The Labute approximate surface area is 105 Å². The summed E-state index contributed by atoms with van der Waals surface area (Å²) in [6, 6.07) is 9.07. The van der Waals surface area contributed by atoms with E-state index in [1.165, 1.54) is 45.6 Å². The second-order valence-corrected chi connectivity index (χ2v) is 6.97. The zero-order valence-electron chi connectivity index (χ0n) is 8.78. The van der Waals surface area contributed by atoms with Crippen molar-refractivity contribution < 1.29 is 0 Å². The van der Waals surface area contributed by atoms with E-state index in [0.717, 1.165) is 0 Å². The van der Waals surface area contributed by atoms with Crippen molar-refractivity contribution in [3.8, 4) is 0 Å². The fourth-order valence-corrected chi connectivity index (χ4v) is 4.74. The van der Waals surface area contributed by atoms with Crippen molar-refractivity contribution in [1.82, 2.24) is 0 Å². The average Bonchev–Trinajstić information content (AvgIpc) is 2.26. The van der Waals surface area contributed by atoms with Gasteiger partial charge in [-0.15, -0.1) is 0 Å². The fourth-order valence-electron chi connectivity index (χ4n) is 1.53. The summed E-state index contributed by atoms with van der Waals surface area (Å²) in [5.74, 6) is 7.56. The maximum Gasteiger partial charge on any atom is 0.0184 e. The Morgan fingerprint density at radius 1 is 0.733 bits per heavy atom. The average molecular weight is 256 g/mol. The van der Waals surface area contributed by atoms with Gasteiger partial charge in [0.2, 0.25) is 0 Å². The lowest BCUT2D eigenvalue weighted by molar-refractivity contribution is 1.32. The maximum atomic E-state index is 2.37. The van der Waals surface area contributed by atoms with E-state index in [0.29, 0.717) is 0 Å². The van der Waals surface area contributed by atoms with Crippen LogP contribution in [0.2, 0.25) is 0 Å². The Morgan fingerprint density at radius 3 is 1.87 bits per heavy atom. The number of hydrogen-bond acceptors (Lipinski definition) is 3. The molecule has 0 unspecified atom stereocenters. The summed E-state index contributed by atoms with van der Waals surface area (Å²) >= 11 is 6.22. The molecular formula is C12H16S3. The van der Waals surface area contributed by atoms with Crippen molar-refractivity contribution in [2.24, 2.45) is 0 Å². The normalized spacial score (nSPS) is 18.9. The summed E-state index contributed by atoms with van der Waals surface area (Å²) in [7, 11) is 0. The van der Waals surface area contributed by atoms with Crippen LogP contribution in [0.5, 0.6) is 0 Å². The van der Waals surface area contributed by atoms with Crippen LogP contribution in [0.15, 0.2) is 24.3 Å². The first kappa shape index (κ1) is 11.7. The predicted molar refractivity (Wildman–Crippen MR) is 76.1 cm³/mol. The molecule has 0 radical (unpaired) electrons. The third-order valence-electron chi connectivity index (χ3n) is 2.27. The van der Waals surface area contributed by atoms with Crippen LogP contribution < -0.4 is 0 Å². The number of thioether (sulfide) groups is 3. The Balaban J connectivity index is 2.00. The highest BCUT2D eigenvalue weighted by molar-refractivity contribution is 8.04. The molecule has 2 bridgehead atoms. The molecule has 15 heavy (non-hydrogen) atoms.